The number of hydrogen-bond donors (Lipinski definition) is 3. The van der Waals surface area contributed by atoms with Gasteiger partial charge in [-0.05, 0) is 92.6 Å². The number of amides is 1. The lowest BCUT2D eigenvalue weighted by Gasteiger charge is -2.18. The van der Waals surface area contributed by atoms with E-state index in [1.54, 1.807) is 0 Å². The standard InChI is InChI=1S/C28H32N2O3/c1-16-10-11-22(12-17(16)2)20(5)29-25-9-7-8-23(15-25)24-13-18(3)26(19(4)14-24)27(31)30-21(6)28(32)33/h7-15,20-21,29H,1-6H3,(H,30,31)(H,32,33)/t20?,21-/m0/s1. The Morgan fingerprint density at radius 1 is 0.788 bits per heavy atom. The Kier molecular flexibility index (Phi) is 7.22. The number of aryl methyl sites for hydroxylation is 4. The van der Waals surface area contributed by atoms with E-state index in [9.17, 15) is 9.59 Å². The first-order chi connectivity index (χ1) is 15.6. The molecule has 0 aliphatic heterocycles. The Labute approximate surface area is 195 Å². The van der Waals surface area contributed by atoms with E-state index in [0.717, 1.165) is 27.9 Å². The van der Waals surface area contributed by atoms with Crippen molar-refractivity contribution >= 4 is 17.6 Å². The number of carbonyl (C=O) groups is 2. The SMILES string of the molecule is Cc1ccc(C(C)Nc2cccc(-c3cc(C)c(C(=O)N[C@@H](C)C(=O)O)c(C)c3)c2)cc1C. The fourth-order valence-corrected chi connectivity index (χ4v) is 3.97. The molecule has 0 aliphatic rings. The second-order valence-corrected chi connectivity index (χ2v) is 8.81. The zero-order chi connectivity index (χ0) is 24.3. The topological polar surface area (TPSA) is 78.4 Å². The summed E-state index contributed by atoms with van der Waals surface area (Å²) in [6.07, 6.45) is 0. The van der Waals surface area contributed by atoms with Crippen LogP contribution in [0, 0.1) is 27.7 Å². The highest BCUT2D eigenvalue weighted by Crippen LogP contribution is 2.29. The molecule has 0 spiro atoms. The molecule has 0 radical (unpaired) electrons. The van der Waals surface area contributed by atoms with Crippen LogP contribution in [-0.4, -0.2) is 23.0 Å². The van der Waals surface area contributed by atoms with Crippen LogP contribution in [0.5, 0.6) is 0 Å². The first kappa shape index (κ1) is 24.1. The number of carbonyl (C=O) groups excluding carboxylic acids is 1. The van der Waals surface area contributed by atoms with Crippen molar-refractivity contribution in [2.24, 2.45) is 0 Å². The number of carboxylic acid groups (broad SMARTS) is 1. The minimum Gasteiger partial charge on any atom is -0.480 e. The van der Waals surface area contributed by atoms with Gasteiger partial charge in [0.05, 0.1) is 0 Å². The highest BCUT2D eigenvalue weighted by atomic mass is 16.4. The van der Waals surface area contributed by atoms with E-state index in [2.05, 4.69) is 61.7 Å². The summed E-state index contributed by atoms with van der Waals surface area (Å²) in [6, 6.07) is 17.9. The fourth-order valence-electron chi connectivity index (χ4n) is 3.97. The molecule has 0 aliphatic carbocycles. The van der Waals surface area contributed by atoms with Gasteiger partial charge in [0.25, 0.3) is 5.91 Å². The predicted molar refractivity (Wildman–Crippen MR) is 134 cm³/mol. The molecule has 0 saturated carbocycles. The summed E-state index contributed by atoms with van der Waals surface area (Å²) in [5.74, 6) is -1.43. The van der Waals surface area contributed by atoms with Crippen LogP contribution < -0.4 is 10.6 Å². The second kappa shape index (κ2) is 9.90. The number of benzene rings is 3. The van der Waals surface area contributed by atoms with Crippen LogP contribution >= 0.6 is 0 Å². The maximum Gasteiger partial charge on any atom is 0.325 e. The molecule has 0 bridgehead atoms. The Bertz CT molecular complexity index is 1180. The Morgan fingerprint density at radius 2 is 1.45 bits per heavy atom. The van der Waals surface area contributed by atoms with Crippen LogP contribution in [0.2, 0.25) is 0 Å². The number of carboxylic acids is 1. The summed E-state index contributed by atoms with van der Waals surface area (Å²) in [4.78, 5) is 23.7. The summed E-state index contributed by atoms with van der Waals surface area (Å²) < 4.78 is 0. The van der Waals surface area contributed by atoms with E-state index in [0.29, 0.717) is 5.56 Å². The van der Waals surface area contributed by atoms with Gasteiger partial charge in [0.1, 0.15) is 6.04 Å². The van der Waals surface area contributed by atoms with Crippen LogP contribution in [0.15, 0.2) is 54.6 Å². The van der Waals surface area contributed by atoms with Gasteiger partial charge >= 0.3 is 5.97 Å². The van der Waals surface area contributed by atoms with Gasteiger partial charge in [0.15, 0.2) is 0 Å². The minimum atomic E-state index is -1.06. The first-order valence-corrected chi connectivity index (χ1v) is 11.2. The van der Waals surface area contributed by atoms with Crippen molar-refractivity contribution in [3.8, 4) is 11.1 Å². The van der Waals surface area contributed by atoms with Crippen molar-refractivity contribution in [2.75, 3.05) is 5.32 Å². The van der Waals surface area contributed by atoms with Crippen molar-refractivity contribution in [1.29, 1.82) is 0 Å². The van der Waals surface area contributed by atoms with Crippen LogP contribution in [-0.2, 0) is 4.79 Å². The van der Waals surface area contributed by atoms with Gasteiger partial charge in [0.2, 0.25) is 0 Å². The zero-order valence-corrected chi connectivity index (χ0v) is 20.1. The molecule has 3 N–H and O–H groups in total. The lowest BCUT2D eigenvalue weighted by molar-refractivity contribution is -0.138. The average Bonchev–Trinajstić information content (AvgIpc) is 2.75. The molecule has 1 amide bonds. The van der Waals surface area contributed by atoms with E-state index in [4.69, 9.17) is 5.11 Å². The first-order valence-electron chi connectivity index (χ1n) is 11.2. The molecule has 33 heavy (non-hydrogen) atoms. The molecule has 0 heterocycles. The third kappa shape index (κ3) is 5.61. The molecular formula is C28H32N2O3. The van der Waals surface area contributed by atoms with Crippen molar-refractivity contribution < 1.29 is 14.7 Å². The van der Waals surface area contributed by atoms with Gasteiger partial charge in [0, 0.05) is 17.3 Å². The van der Waals surface area contributed by atoms with Gasteiger partial charge in [-0.3, -0.25) is 9.59 Å². The van der Waals surface area contributed by atoms with Gasteiger partial charge in [-0.2, -0.15) is 0 Å². The molecule has 2 atom stereocenters. The summed E-state index contributed by atoms with van der Waals surface area (Å²) >= 11 is 0. The lowest BCUT2D eigenvalue weighted by Crippen LogP contribution is -2.38. The van der Waals surface area contributed by atoms with Crippen LogP contribution in [0.25, 0.3) is 11.1 Å². The minimum absolute atomic E-state index is 0.158. The Morgan fingerprint density at radius 3 is 2.06 bits per heavy atom. The van der Waals surface area contributed by atoms with Crippen LogP contribution in [0.3, 0.4) is 0 Å². The van der Waals surface area contributed by atoms with Crippen molar-refractivity contribution in [3.63, 3.8) is 0 Å². The zero-order valence-electron chi connectivity index (χ0n) is 20.1. The quantitative estimate of drug-likeness (QED) is 0.420. The van der Waals surface area contributed by atoms with E-state index in [-0.39, 0.29) is 11.9 Å². The Hall–Kier alpha value is -3.60. The van der Waals surface area contributed by atoms with E-state index in [1.807, 2.05) is 38.1 Å². The highest BCUT2D eigenvalue weighted by Gasteiger charge is 2.19. The van der Waals surface area contributed by atoms with Gasteiger partial charge in [-0.25, -0.2) is 0 Å². The van der Waals surface area contributed by atoms with Gasteiger partial charge < -0.3 is 15.7 Å². The summed E-state index contributed by atoms with van der Waals surface area (Å²) in [6.45, 7) is 11.6. The van der Waals surface area contributed by atoms with Crippen molar-refractivity contribution in [1.82, 2.24) is 5.32 Å². The molecule has 5 heteroatoms. The second-order valence-electron chi connectivity index (χ2n) is 8.81. The maximum atomic E-state index is 12.6. The third-order valence-electron chi connectivity index (χ3n) is 6.09. The summed E-state index contributed by atoms with van der Waals surface area (Å²) in [7, 11) is 0. The molecule has 172 valence electrons. The summed E-state index contributed by atoms with van der Waals surface area (Å²) in [5, 5.41) is 15.2. The number of anilines is 1. The smallest absolute Gasteiger partial charge is 0.325 e. The lowest BCUT2D eigenvalue weighted by atomic mass is 9.94. The number of aliphatic carboxylic acids is 1. The molecule has 1 unspecified atom stereocenters. The van der Waals surface area contributed by atoms with E-state index in [1.165, 1.54) is 23.6 Å². The molecule has 5 nitrogen and oxygen atoms in total. The van der Waals surface area contributed by atoms with Crippen molar-refractivity contribution in [3.05, 3.63) is 88.0 Å². The Balaban J connectivity index is 1.84. The number of hydrogen-bond acceptors (Lipinski definition) is 3. The monoisotopic (exact) mass is 444 g/mol. The van der Waals surface area contributed by atoms with Gasteiger partial charge in [-0.15, -0.1) is 0 Å². The molecule has 0 saturated heterocycles. The molecule has 0 fully saturated rings. The molecule has 3 rings (SSSR count). The third-order valence-corrected chi connectivity index (χ3v) is 6.09. The van der Waals surface area contributed by atoms with Gasteiger partial charge in [-0.1, -0.05) is 42.5 Å². The number of rotatable bonds is 7. The number of nitrogens with one attached hydrogen (secondary N) is 2. The maximum absolute atomic E-state index is 12.6. The summed E-state index contributed by atoms with van der Waals surface area (Å²) in [5.41, 5.74) is 9.01. The molecule has 0 aromatic heterocycles. The van der Waals surface area contributed by atoms with Crippen LogP contribution in [0.1, 0.15) is 58.1 Å². The predicted octanol–water partition coefficient (Wildman–Crippen LogP) is 5.96. The molecule has 3 aromatic carbocycles. The van der Waals surface area contributed by atoms with E-state index < -0.39 is 12.0 Å². The largest absolute Gasteiger partial charge is 0.480 e. The fraction of sp³-hybridized carbons (Fsp3) is 0.286. The molecular weight excluding hydrogens is 412 g/mol. The molecule has 3 aromatic rings. The highest BCUT2D eigenvalue weighted by molar-refractivity contribution is 5.99. The van der Waals surface area contributed by atoms with E-state index >= 15 is 0 Å². The van der Waals surface area contributed by atoms with Crippen LogP contribution in [0.4, 0.5) is 5.69 Å². The van der Waals surface area contributed by atoms with Crippen molar-refractivity contribution in [2.45, 2.75) is 53.6 Å². The average molecular weight is 445 g/mol. The normalized spacial score (nSPS) is 12.7.